The van der Waals surface area contributed by atoms with Crippen LogP contribution in [-0.4, -0.2) is 11.9 Å². The second-order valence-corrected chi connectivity index (χ2v) is 4.87. The number of rotatable bonds is 4. The summed E-state index contributed by atoms with van der Waals surface area (Å²) in [6.45, 7) is 4.15. The van der Waals surface area contributed by atoms with E-state index in [4.69, 9.17) is 0 Å². The van der Waals surface area contributed by atoms with Crippen LogP contribution in [0.15, 0.2) is 24.3 Å². The van der Waals surface area contributed by atoms with Crippen molar-refractivity contribution in [3.8, 4) is 0 Å². The molecule has 1 unspecified atom stereocenters. The van der Waals surface area contributed by atoms with Crippen LogP contribution in [0.1, 0.15) is 30.9 Å². The minimum atomic E-state index is 0.232. The molecule has 0 bridgehead atoms. The predicted molar refractivity (Wildman–Crippen MR) is 65.2 cm³/mol. The average Bonchev–Trinajstić information content (AvgIpc) is 3.04. The minimum Gasteiger partial charge on any atom is -0.353 e. The van der Waals surface area contributed by atoms with Crippen LogP contribution in [0.5, 0.6) is 0 Å². The maximum absolute atomic E-state index is 11.5. The van der Waals surface area contributed by atoms with Gasteiger partial charge in [0.1, 0.15) is 0 Å². The first-order chi connectivity index (χ1) is 7.65. The van der Waals surface area contributed by atoms with Crippen molar-refractivity contribution in [2.24, 2.45) is 5.92 Å². The van der Waals surface area contributed by atoms with Crippen LogP contribution < -0.4 is 5.32 Å². The minimum absolute atomic E-state index is 0.232. The van der Waals surface area contributed by atoms with E-state index in [0.29, 0.717) is 5.92 Å². The van der Waals surface area contributed by atoms with Gasteiger partial charge < -0.3 is 5.32 Å². The number of hydrogen-bond donors (Lipinski definition) is 1. The van der Waals surface area contributed by atoms with Crippen LogP contribution in [-0.2, 0) is 11.2 Å². The van der Waals surface area contributed by atoms with Crippen molar-refractivity contribution >= 4 is 5.91 Å². The fourth-order valence-electron chi connectivity index (χ4n) is 1.83. The van der Waals surface area contributed by atoms with Crippen molar-refractivity contribution in [2.45, 2.75) is 39.2 Å². The summed E-state index contributed by atoms with van der Waals surface area (Å²) < 4.78 is 0. The van der Waals surface area contributed by atoms with Crippen LogP contribution in [0, 0.1) is 12.8 Å². The Bertz CT molecular complexity index is 365. The molecule has 0 aliphatic heterocycles. The lowest BCUT2D eigenvalue weighted by Gasteiger charge is -2.13. The van der Waals surface area contributed by atoms with Crippen LogP contribution in [0.4, 0.5) is 0 Å². The molecule has 2 heteroatoms. The Morgan fingerprint density at radius 2 is 2.00 bits per heavy atom. The number of nitrogens with one attached hydrogen (secondary N) is 1. The molecule has 0 spiro atoms. The highest BCUT2D eigenvalue weighted by atomic mass is 16.2. The molecule has 1 N–H and O–H groups in total. The molecule has 0 saturated heterocycles. The van der Waals surface area contributed by atoms with Crippen LogP contribution in [0.2, 0.25) is 0 Å². The van der Waals surface area contributed by atoms with E-state index >= 15 is 0 Å². The molecule has 1 atom stereocenters. The van der Waals surface area contributed by atoms with Crippen molar-refractivity contribution in [3.05, 3.63) is 35.4 Å². The zero-order valence-electron chi connectivity index (χ0n) is 9.99. The second-order valence-electron chi connectivity index (χ2n) is 4.87. The standard InChI is InChI=1S/C14H19NO/c1-10-3-5-12(6-4-10)9-11(2)15-14(16)13-7-8-13/h3-6,11,13H,7-9H2,1-2H3,(H,15,16). The number of aryl methyl sites for hydroxylation is 1. The summed E-state index contributed by atoms with van der Waals surface area (Å²) in [7, 11) is 0. The predicted octanol–water partition coefficient (Wildman–Crippen LogP) is 2.45. The molecule has 16 heavy (non-hydrogen) atoms. The van der Waals surface area contributed by atoms with E-state index in [0.717, 1.165) is 19.3 Å². The first-order valence-electron chi connectivity index (χ1n) is 6.01. The van der Waals surface area contributed by atoms with Crippen molar-refractivity contribution in [1.29, 1.82) is 0 Å². The number of benzene rings is 1. The van der Waals surface area contributed by atoms with Gasteiger partial charge in [0.15, 0.2) is 0 Å². The Kier molecular flexibility index (Phi) is 3.28. The molecule has 0 aromatic heterocycles. The smallest absolute Gasteiger partial charge is 0.223 e. The van der Waals surface area contributed by atoms with E-state index in [9.17, 15) is 4.79 Å². The number of carbonyl (C=O) groups excluding carboxylic acids is 1. The Morgan fingerprint density at radius 1 is 1.38 bits per heavy atom. The lowest BCUT2D eigenvalue weighted by atomic mass is 10.1. The van der Waals surface area contributed by atoms with Gasteiger partial charge in [0, 0.05) is 12.0 Å². The summed E-state index contributed by atoms with van der Waals surface area (Å²) in [5, 5.41) is 3.07. The summed E-state index contributed by atoms with van der Waals surface area (Å²) in [6, 6.07) is 8.73. The second kappa shape index (κ2) is 4.69. The molecule has 1 aromatic carbocycles. The Labute approximate surface area is 97.1 Å². The Hall–Kier alpha value is -1.31. The van der Waals surface area contributed by atoms with Crippen molar-refractivity contribution in [2.75, 3.05) is 0 Å². The Morgan fingerprint density at radius 3 is 2.56 bits per heavy atom. The van der Waals surface area contributed by atoms with Crippen LogP contribution >= 0.6 is 0 Å². The maximum atomic E-state index is 11.5. The van der Waals surface area contributed by atoms with Gasteiger partial charge in [-0.2, -0.15) is 0 Å². The molecule has 0 radical (unpaired) electrons. The number of hydrogen-bond acceptors (Lipinski definition) is 1. The highest BCUT2D eigenvalue weighted by Gasteiger charge is 2.30. The van der Waals surface area contributed by atoms with E-state index in [-0.39, 0.29) is 11.9 Å². The van der Waals surface area contributed by atoms with Gasteiger partial charge in [-0.3, -0.25) is 4.79 Å². The fraction of sp³-hybridized carbons (Fsp3) is 0.500. The fourth-order valence-corrected chi connectivity index (χ4v) is 1.83. The van der Waals surface area contributed by atoms with Gasteiger partial charge in [0.05, 0.1) is 0 Å². The molecular weight excluding hydrogens is 198 g/mol. The van der Waals surface area contributed by atoms with E-state index < -0.39 is 0 Å². The SMILES string of the molecule is Cc1ccc(CC(C)NC(=O)C2CC2)cc1. The molecule has 86 valence electrons. The third-order valence-electron chi connectivity index (χ3n) is 3.00. The van der Waals surface area contributed by atoms with Crippen molar-refractivity contribution in [3.63, 3.8) is 0 Å². The zero-order chi connectivity index (χ0) is 11.5. The first-order valence-corrected chi connectivity index (χ1v) is 6.01. The zero-order valence-corrected chi connectivity index (χ0v) is 9.99. The highest BCUT2D eigenvalue weighted by molar-refractivity contribution is 5.81. The molecule has 1 saturated carbocycles. The molecule has 1 fully saturated rings. The summed E-state index contributed by atoms with van der Waals surface area (Å²) in [6.07, 6.45) is 3.06. The normalized spacial score (nSPS) is 16.9. The third kappa shape index (κ3) is 3.09. The average molecular weight is 217 g/mol. The summed E-state index contributed by atoms with van der Waals surface area (Å²) >= 11 is 0. The molecule has 1 aliphatic rings. The molecular formula is C14H19NO. The highest BCUT2D eigenvalue weighted by Crippen LogP contribution is 2.28. The molecule has 1 aromatic rings. The van der Waals surface area contributed by atoms with Crippen LogP contribution in [0.3, 0.4) is 0 Å². The van der Waals surface area contributed by atoms with E-state index in [1.807, 2.05) is 0 Å². The lowest BCUT2D eigenvalue weighted by molar-refractivity contribution is -0.122. The first kappa shape index (κ1) is 11.2. The van der Waals surface area contributed by atoms with Gasteiger partial charge in [-0.05, 0) is 38.7 Å². The van der Waals surface area contributed by atoms with Gasteiger partial charge in [0.2, 0.25) is 5.91 Å². The third-order valence-corrected chi connectivity index (χ3v) is 3.00. The van der Waals surface area contributed by atoms with Crippen molar-refractivity contribution in [1.82, 2.24) is 5.32 Å². The largest absolute Gasteiger partial charge is 0.353 e. The maximum Gasteiger partial charge on any atom is 0.223 e. The van der Waals surface area contributed by atoms with E-state index in [1.54, 1.807) is 0 Å². The summed E-state index contributed by atoms with van der Waals surface area (Å²) in [4.78, 5) is 11.5. The molecule has 2 rings (SSSR count). The lowest BCUT2D eigenvalue weighted by Crippen LogP contribution is -2.35. The number of amides is 1. The number of carbonyl (C=O) groups is 1. The van der Waals surface area contributed by atoms with Crippen molar-refractivity contribution < 1.29 is 4.79 Å². The summed E-state index contributed by atoms with van der Waals surface area (Å²) in [5.74, 6) is 0.542. The van der Waals surface area contributed by atoms with E-state index in [2.05, 4.69) is 43.4 Å². The monoisotopic (exact) mass is 217 g/mol. The topological polar surface area (TPSA) is 29.1 Å². The van der Waals surface area contributed by atoms with Gasteiger partial charge in [-0.25, -0.2) is 0 Å². The van der Waals surface area contributed by atoms with Gasteiger partial charge in [0.25, 0.3) is 0 Å². The molecule has 1 aliphatic carbocycles. The van der Waals surface area contributed by atoms with E-state index in [1.165, 1.54) is 11.1 Å². The quantitative estimate of drug-likeness (QED) is 0.824. The Balaban J connectivity index is 1.83. The van der Waals surface area contributed by atoms with Crippen LogP contribution in [0.25, 0.3) is 0 Å². The van der Waals surface area contributed by atoms with Gasteiger partial charge >= 0.3 is 0 Å². The summed E-state index contributed by atoms with van der Waals surface area (Å²) in [5.41, 5.74) is 2.56. The molecule has 1 amide bonds. The van der Waals surface area contributed by atoms with Gasteiger partial charge in [-0.1, -0.05) is 29.8 Å². The van der Waals surface area contributed by atoms with Gasteiger partial charge in [-0.15, -0.1) is 0 Å². The molecule has 0 heterocycles. The molecule has 2 nitrogen and oxygen atoms in total.